The molecule has 0 saturated carbocycles. The van der Waals surface area contributed by atoms with Crippen LogP contribution in [0.4, 0.5) is 0 Å². The zero-order chi connectivity index (χ0) is 12.0. The number of rotatable bonds is 0. The molecule has 0 bridgehead atoms. The molecule has 1 aromatic heterocycles. The predicted molar refractivity (Wildman–Crippen MR) is 63.0 cm³/mol. The fourth-order valence-electron chi connectivity index (χ4n) is 1.86. The molecule has 0 atom stereocenters. The van der Waals surface area contributed by atoms with Crippen LogP contribution >= 0.6 is 0 Å². The van der Waals surface area contributed by atoms with Gasteiger partial charge in [-0.3, -0.25) is 4.68 Å². The third-order valence-corrected chi connectivity index (χ3v) is 4.47. The molecule has 0 radical (unpaired) electrons. The third kappa shape index (κ3) is 2.29. The van der Waals surface area contributed by atoms with E-state index in [2.05, 4.69) is 25.9 Å². The number of nitrogens with zero attached hydrogens (tertiary/aromatic N) is 2. The number of fused-ring (bicyclic) bond motifs is 1. The van der Waals surface area contributed by atoms with Crippen molar-refractivity contribution >= 4 is 9.84 Å². The average Bonchev–Trinajstić information content (AvgIpc) is 2.41. The summed E-state index contributed by atoms with van der Waals surface area (Å²) >= 11 is 0. The van der Waals surface area contributed by atoms with Gasteiger partial charge in [-0.05, 0) is 12.5 Å². The van der Waals surface area contributed by atoms with Crippen molar-refractivity contribution in [2.75, 3.05) is 5.75 Å². The van der Waals surface area contributed by atoms with E-state index >= 15 is 0 Å². The minimum atomic E-state index is -2.93. The number of aromatic nitrogens is 2. The Morgan fingerprint density at radius 2 is 2.06 bits per heavy atom. The van der Waals surface area contributed by atoms with E-state index in [1.165, 1.54) is 0 Å². The van der Waals surface area contributed by atoms with Crippen LogP contribution in [0, 0.1) is 0 Å². The molecule has 1 aromatic rings. The molecule has 90 valence electrons. The summed E-state index contributed by atoms with van der Waals surface area (Å²) in [7, 11) is -2.93. The largest absolute Gasteiger partial charge is 0.268 e. The van der Waals surface area contributed by atoms with Gasteiger partial charge >= 0.3 is 0 Å². The van der Waals surface area contributed by atoms with Crippen LogP contribution in [0.25, 0.3) is 0 Å². The summed E-state index contributed by atoms with van der Waals surface area (Å²) in [6.45, 7) is 6.97. The van der Waals surface area contributed by atoms with Crippen molar-refractivity contribution in [2.24, 2.45) is 0 Å². The van der Waals surface area contributed by atoms with Crippen LogP contribution in [0.3, 0.4) is 0 Å². The highest BCUT2D eigenvalue weighted by molar-refractivity contribution is 7.90. The first-order valence-electron chi connectivity index (χ1n) is 5.56. The molecule has 0 fully saturated rings. The molecule has 2 heterocycles. The lowest BCUT2D eigenvalue weighted by molar-refractivity contribution is 0.526. The van der Waals surface area contributed by atoms with Crippen LogP contribution in [0.2, 0.25) is 0 Å². The van der Waals surface area contributed by atoms with Gasteiger partial charge in [-0.25, -0.2) is 8.42 Å². The first-order valence-corrected chi connectivity index (χ1v) is 7.38. The summed E-state index contributed by atoms with van der Waals surface area (Å²) in [6, 6.07) is 1.93. The highest BCUT2D eigenvalue weighted by Gasteiger charge is 2.24. The average molecular weight is 242 g/mol. The van der Waals surface area contributed by atoms with Crippen molar-refractivity contribution in [3.05, 3.63) is 17.5 Å². The van der Waals surface area contributed by atoms with Gasteiger partial charge in [0.2, 0.25) is 0 Å². The van der Waals surface area contributed by atoms with Crippen LogP contribution in [-0.4, -0.2) is 24.0 Å². The highest BCUT2D eigenvalue weighted by atomic mass is 32.2. The smallest absolute Gasteiger partial charge is 0.156 e. The second kappa shape index (κ2) is 3.58. The van der Waals surface area contributed by atoms with Crippen molar-refractivity contribution in [3.63, 3.8) is 0 Å². The van der Waals surface area contributed by atoms with Gasteiger partial charge in [0.25, 0.3) is 0 Å². The van der Waals surface area contributed by atoms with Crippen molar-refractivity contribution in [3.8, 4) is 0 Å². The van der Waals surface area contributed by atoms with Gasteiger partial charge in [0.15, 0.2) is 9.84 Å². The summed E-state index contributed by atoms with van der Waals surface area (Å²) < 4.78 is 25.2. The number of hydrogen-bond acceptors (Lipinski definition) is 3. The van der Waals surface area contributed by atoms with Gasteiger partial charge in [-0.1, -0.05) is 20.8 Å². The van der Waals surface area contributed by atoms with E-state index in [9.17, 15) is 8.42 Å². The van der Waals surface area contributed by atoms with E-state index < -0.39 is 9.84 Å². The zero-order valence-electron chi connectivity index (χ0n) is 10.0. The van der Waals surface area contributed by atoms with Gasteiger partial charge in [0.1, 0.15) is 0 Å². The number of hydrogen-bond donors (Lipinski definition) is 0. The van der Waals surface area contributed by atoms with Crippen molar-refractivity contribution in [2.45, 2.75) is 44.9 Å². The second-order valence-corrected chi connectivity index (χ2v) is 7.62. The van der Waals surface area contributed by atoms with Crippen LogP contribution in [-0.2, 0) is 27.5 Å². The maximum absolute atomic E-state index is 11.7. The third-order valence-electron chi connectivity index (χ3n) is 2.82. The minimum absolute atomic E-state index is 0.0248. The van der Waals surface area contributed by atoms with E-state index in [4.69, 9.17) is 0 Å². The van der Waals surface area contributed by atoms with Crippen molar-refractivity contribution < 1.29 is 8.42 Å². The molecule has 1 aliphatic rings. The molecule has 0 unspecified atom stereocenters. The van der Waals surface area contributed by atoms with Crippen molar-refractivity contribution in [1.29, 1.82) is 0 Å². The molecule has 1 aliphatic heterocycles. The standard InChI is InChI=1S/C11H18N2O2S/c1-11(2,3)10-7-9-8-16(14,15)6-4-5-13(9)12-10/h7H,4-6,8H2,1-3H3. The van der Waals surface area contributed by atoms with Gasteiger partial charge in [-0.15, -0.1) is 0 Å². The molecule has 0 spiro atoms. The quantitative estimate of drug-likeness (QED) is 0.692. The topological polar surface area (TPSA) is 52.0 Å². The SMILES string of the molecule is CC(C)(C)c1cc2n(n1)CCCS(=O)(=O)C2. The first-order chi connectivity index (χ1) is 7.28. The van der Waals surface area contributed by atoms with Crippen LogP contribution < -0.4 is 0 Å². The maximum atomic E-state index is 11.7. The Morgan fingerprint density at radius 3 is 2.69 bits per heavy atom. The second-order valence-electron chi connectivity index (χ2n) is 5.44. The van der Waals surface area contributed by atoms with Gasteiger partial charge in [-0.2, -0.15) is 5.10 Å². The van der Waals surface area contributed by atoms with Crippen LogP contribution in [0.1, 0.15) is 38.6 Å². The van der Waals surface area contributed by atoms with Gasteiger partial charge in [0.05, 0.1) is 22.9 Å². The molecule has 2 rings (SSSR count). The summed E-state index contributed by atoms with van der Waals surface area (Å²) in [6.07, 6.45) is 0.667. The number of sulfone groups is 1. The predicted octanol–water partition coefficient (Wildman–Crippen LogP) is 1.50. The summed E-state index contributed by atoms with van der Waals surface area (Å²) in [5.41, 5.74) is 1.78. The zero-order valence-corrected chi connectivity index (χ0v) is 10.8. The molecule has 0 aromatic carbocycles. The minimum Gasteiger partial charge on any atom is -0.268 e. The normalized spacial score (nSPS) is 20.2. The maximum Gasteiger partial charge on any atom is 0.156 e. The lowest BCUT2D eigenvalue weighted by Gasteiger charge is -2.14. The molecular weight excluding hydrogens is 224 g/mol. The van der Waals surface area contributed by atoms with E-state index in [1.54, 1.807) is 0 Å². The summed E-state index contributed by atoms with van der Waals surface area (Å²) in [4.78, 5) is 0. The summed E-state index contributed by atoms with van der Waals surface area (Å²) in [5.74, 6) is 0.414. The van der Waals surface area contributed by atoms with E-state index in [0.717, 1.165) is 11.4 Å². The molecule has 0 amide bonds. The Balaban J connectivity index is 2.42. The van der Waals surface area contributed by atoms with Crippen molar-refractivity contribution in [1.82, 2.24) is 9.78 Å². The molecule has 0 N–H and O–H groups in total. The highest BCUT2D eigenvalue weighted by Crippen LogP contribution is 2.24. The number of aryl methyl sites for hydroxylation is 1. The van der Waals surface area contributed by atoms with E-state index in [0.29, 0.717) is 13.0 Å². The van der Waals surface area contributed by atoms with Crippen LogP contribution in [0.15, 0.2) is 6.07 Å². The fourth-order valence-corrected chi connectivity index (χ4v) is 3.26. The van der Waals surface area contributed by atoms with Gasteiger partial charge in [0, 0.05) is 12.0 Å². The molecule has 4 nitrogen and oxygen atoms in total. The summed E-state index contributed by atoms with van der Waals surface area (Å²) in [5, 5.41) is 4.50. The molecule has 16 heavy (non-hydrogen) atoms. The van der Waals surface area contributed by atoms with Gasteiger partial charge < -0.3 is 0 Å². The fraction of sp³-hybridized carbons (Fsp3) is 0.727. The van der Waals surface area contributed by atoms with E-state index in [1.807, 2.05) is 10.7 Å². The lowest BCUT2D eigenvalue weighted by Crippen LogP contribution is -2.13. The first kappa shape index (κ1) is 11.6. The van der Waals surface area contributed by atoms with E-state index in [-0.39, 0.29) is 16.9 Å². The Hall–Kier alpha value is -0.840. The Labute approximate surface area is 96.6 Å². The molecule has 5 heteroatoms. The molecule has 0 aliphatic carbocycles. The Kier molecular flexibility index (Phi) is 2.61. The molecule has 0 saturated heterocycles. The monoisotopic (exact) mass is 242 g/mol. The lowest BCUT2D eigenvalue weighted by atomic mass is 9.92. The Morgan fingerprint density at radius 1 is 1.38 bits per heavy atom. The molecular formula is C11H18N2O2S. The Bertz CT molecular complexity index is 495. The van der Waals surface area contributed by atoms with Crippen LogP contribution in [0.5, 0.6) is 0 Å².